The molecule has 0 saturated carbocycles. The molecular formula is C35H41N7O3. The minimum Gasteiger partial charge on any atom is -0.492 e. The van der Waals surface area contributed by atoms with Crippen LogP contribution in [0.15, 0.2) is 67.1 Å². The number of hydrogen-bond donors (Lipinski definition) is 0. The summed E-state index contributed by atoms with van der Waals surface area (Å²) < 4.78 is 13.2. The number of piperazine rings is 1. The zero-order valence-corrected chi connectivity index (χ0v) is 26.4. The van der Waals surface area contributed by atoms with Gasteiger partial charge in [-0.2, -0.15) is 10.4 Å². The van der Waals surface area contributed by atoms with E-state index < -0.39 is 0 Å². The molecule has 0 aliphatic carbocycles. The largest absolute Gasteiger partial charge is 0.492 e. The van der Waals surface area contributed by atoms with E-state index in [4.69, 9.17) is 14.5 Å². The van der Waals surface area contributed by atoms with Crippen molar-refractivity contribution < 1.29 is 14.3 Å². The maximum absolute atomic E-state index is 13.2. The maximum Gasteiger partial charge on any atom is 0.311 e. The van der Waals surface area contributed by atoms with Gasteiger partial charge in [0.15, 0.2) is 0 Å². The molecule has 0 amide bonds. The van der Waals surface area contributed by atoms with Gasteiger partial charge in [0, 0.05) is 62.6 Å². The topological polar surface area (TPSA) is 99.2 Å². The molecule has 0 N–H and O–H groups in total. The zero-order valence-electron chi connectivity index (χ0n) is 26.4. The van der Waals surface area contributed by atoms with Crippen LogP contribution in [0.1, 0.15) is 38.7 Å². The van der Waals surface area contributed by atoms with E-state index in [-0.39, 0.29) is 11.4 Å². The lowest BCUT2D eigenvalue weighted by Crippen LogP contribution is -2.55. The molecule has 2 aliphatic rings. The summed E-state index contributed by atoms with van der Waals surface area (Å²) in [5.41, 5.74) is 2.81. The van der Waals surface area contributed by atoms with Gasteiger partial charge in [0.2, 0.25) is 0 Å². The molecule has 3 aromatic heterocycles. The van der Waals surface area contributed by atoms with Crippen molar-refractivity contribution in [1.29, 1.82) is 5.26 Å². The summed E-state index contributed by atoms with van der Waals surface area (Å²) in [5, 5.41) is 14.1. The third-order valence-corrected chi connectivity index (χ3v) is 9.32. The molecule has 2 saturated heterocycles. The molecule has 6 rings (SSSR count). The molecule has 45 heavy (non-hydrogen) atoms. The van der Waals surface area contributed by atoms with Gasteiger partial charge < -0.3 is 19.3 Å². The van der Waals surface area contributed by atoms with E-state index >= 15 is 0 Å². The third kappa shape index (κ3) is 6.80. The van der Waals surface area contributed by atoms with Crippen LogP contribution in [0.4, 0.5) is 5.82 Å². The number of rotatable bonds is 9. The standard InChI is InChI=1S/C35H41N7O3/c1-4-44-30-18-31(34-28(20-36)22-38-42(34)24-30)27-10-11-32(37-21-27)41-14-12-35(13-15-41,25-40-17-16-39(3)26(2)23-40)19-33(43)45-29-8-6-5-7-9-29/h5-11,18,21-22,24,26H,4,12-17,19,23,25H2,1-3H3/t26-/m0/s1. The highest BCUT2D eigenvalue weighted by Gasteiger charge is 2.40. The number of esters is 1. The molecule has 4 aromatic rings. The van der Waals surface area contributed by atoms with Crippen LogP contribution in [0, 0.1) is 16.7 Å². The monoisotopic (exact) mass is 607 g/mol. The number of para-hydroxylation sites is 1. The molecule has 0 unspecified atom stereocenters. The number of nitrogens with zero attached hydrogens (tertiary/aromatic N) is 7. The predicted octanol–water partition coefficient (Wildman–Crippen LogP) is 4.88. The second-order valence-corrected chi connectivity index (χ2v) is 12.4. The molecule has 234 valence electrons. The molecule has 2 fully saturated rings. The average molecular weight is 608 g/mol. The van der Waals surface area contributed by atoms with Crippen LogP contribution in [0.2, 0.25) is 0 Å². The van der Waals surface area contributed by atoms with Gasteiger partial charge in [-0.25, -0.2) is 9.50 Å². The summed E-state index contributed by atoms with van der Waals surface area (Å²) in [6, 6.07) is 18.1. The molecule has 0 bridgehead atoms. The van der Waals surface area contributed by atoms with Crippen molar-refractivity contribution >= 4 is 17.3 Å². The van der Waals surface area contributed by atoms with Gasteiger partial charge in [-0.05, 0) is 69.5 Å². The number of carbonyl (C=O) groups is 1. The van der Waals surface area contributed by atoms with Crippen molar-refractivity contribution in [3.63, 3.8) is 0 Å². The number of benzene rings is 1. The van der Waals surface area contributed by atoms with Crippen LogP contribution < -0.4 is 14.4 Å². The average Bonchev–Trinajstić information content (AvgIpc) is 3.47. The summed E-state index contributed by atoms with van der Waals surface area (Å²) in [6.45, 7) is 10.3. The number of fused-ring (bicyclic) bond motifs is 1. The number of pyridine rings is 2. The van der Waals surface area contributed by atoms with Gasteiger partial charge in [-0.15, -0.1) is 0 Å². The van der Waals surface area contributed by atoms with E-state index in [9.17, 15) is 10.1 Å². The highest BCUT2D eigenvalue weighted by molar-refractivity contribution is 5.85. The normalized spacial score (nSPS) is 18.9. The molecule has 10 nitrogen and oxygen atoms in total. The van der Waals surface area contributed by atoms with E-state index in [2.05, 4.69) is 39.8 Å². The SMILES string of the molecule is CCOc1cc(-c2ccc(N3CCC(CC(=O)Oc4ccccc4)(CN4CCN(C)[C@@H](C)C4)CC3)nc2)c2c(C#N)cnn2c1. The van der Waals surface area contributed by atoms with Crippen LogP contribution in [0.25, 0.3) is 16.6 Å². The number of aromatic nitrogens is 3. The van der Waals surface area contributed by atoms with Crippen LogP contribution in [0.3, 0.4) is 0 Å². The number of hydrogen-bond acceptors (Lipinski definition) is 9. The van der Waals surface area contributed by atoms with Crippen LogP contribution in [0.5, 0.6) is 11.5 Å². The molecule has 1 aromatic carbocycles. The fourth-order valence-corrected chi connectivity index (χ4v) is 6.68. The fraction of sp³-hybridized carbons (Fsp3) is 0.429. The van der Waals surface area contributed by atoms with Crippen molar-refractivity contribution in [3.05, 3.63) is 72.7 Å². The number of anilines is 1. The zero-order chi connectivity index (χ0) is 31.4. The molecule has 5 heterocycles. The van der Waals surface area contributed by atoms with Crippen molar-refractivity contribution in [1.82, 2.24) is 24.4 Å². The summed E-state index contributed by atoms with van der Waals surface area (Å²) in [4.78, 5) is 25.3. The van der Waals surface area contributed by atoms with Gasteiger partial charge in [-0.1, -0.05) is 18.2 Å². The lowest BCUT2D eigenvalue weighted by atomic mass is 9.75. The fourth-order valence-electron chi connectivity index (χ4n) is 6.68. The number of nitriles is 1. The van der Waals surface area contributed by atoms with Crippen molar-refractivity contribution in [3.8, 4) is 28.7 Å². The molecule has 10 heteroatoms. The Labute approximate surface area is 264 Å². The van der Waals surface area contributed by atoms with E-state index in [1.54, 1.807) is 16.9 Å². The van der Waals surface area contributed by atoms with Gasteiger partial charge in [-0.3, -0.25) is 9.69 Å². The molecule has 2 aliphatic heterocycles. The van der Waals surface area contributed by atoms with Crippen molar-refractivity contribution in [2.24, 2.45) is 5.41 Å². The summed E-state index contributed by atoms with van der Waals surface area (Å²) in [7, 11) is 2.18. The second-order valence-electron chi connectivity index (χ2n) is 12.4. The summed E-state index contributed by atoms with van der Waals surface area (Å²) >= 11 is 0. The molecule has 0 radical (unpaired) electrons. The lowest BCUT2D eigenvalue weighted by Gasteiger charge is -2.47. The molecular weight excluding hydrogens is 566 g/mol. The first-order valence-corrected chi connectivity index (χ1v) is 15.8. The van der Waals surface area contributed by atoms with Crippen LogP contribution in [-0.4, -0.2) is 89.3 Å². The van der Waals surface area contributed by atoms with E-state index in [0.29, 0.717) is 36.1 Å². The third-order valence-electron chi connectivity index (χ3n) is 9.32. The Morgan fingerprint density at radius 2 is 1.87 bits per heavy atom. The van der Waals surface area contributed by atoms with E-state index in [1.807, 2.05) is 61.7 Å². The summed E-state index contributed by atoms with van der Waals surface area (Å²) in [5.74, 6) is 2.01. The van der Waals surface area contributed by atoms with Crippen molar-refractivity contribution in [2.45, 2.75) is 39.2 Å². The number of likely N-dealkylation sites (N-methyl/N-ethyl adjacent to an activating group) is 1. The highest BCUT2D eigenvalue weighted by Crippen LogP contribution is 2.39. The lowest BCUT2D eigenvalue weighted by molar-refractivity contribution is -0.138. The smallest absolute Gasteiger partial charge is 0.311 e. The van der Waals surface area contributed by atoms with Gasteiger partial charge in [0.25, 0.3) is 0 Å². The predicted molar refractivity (Wildman–Crippen MR) is 173 cm³/mol. The van der Waals surface area contributed by atoms with Gasteiger partial charge in [0.05, 0.1) is 36.5 Å². The first-order chi connectivity index (χ1) is 21.9. The quantitative estimate of drug-likeness (QED) is 0.195. The Hall–Kier alpha value is -4.46. The number of ether oxygens (including phenoxy) is 2. The molecule has 0 spiro atoms. The van der Waals surface area contributed by atoms with Crippen molar-refractivity contribution in [2.75, 3.05) is 57.8 Å². The first-order valence-electron chi connectivity index (χ1n) is 15.8. The minimum absolute atomic E-state index is 0.168. The van der Waals surface area contributed by atoms with Gasteiger partial charge in [0.1, 0.15) is 23.4 Å². The van der Waals surface area contributed by atoms with Crippen LogP contribution >= 0.6 is 0 Å². The first kappa shape index (κ1) is 30.6. The Balaban J connectivity index is 1.19. The van der Waals surface area contributed by atoms with E-state index in [1.165, 1.54) is 0 Å². The Bertz CT molecular complexity index is 1660. The van der Waals surface area contributed by atoms with E-state index in [0.717, 1.165) is 74.6 Å². The Morgan fingerprint density at radius 3 is 2.56 bits per heavy atom. The number of piperidine rings is 1. The maximum atomic E-state index is 13.2. The van der Waals surface area contributed by atoms with Gasteiger partial charge >= 0.3 is 5.97 Å². The molecule has 1 atom stereocenters. The Morgan fingerprint density at radius 1 is 1.07 bits per heavy atom. The minimum atomic E-state index is -0.170. The summed E-state index contributed by atoms with van der Waals surface area (Å²) in [6.07, 6.45) is 7.37. The van der Waals surface area contributed by atoms with Crippen LogP contribution in [-0.2, 0) is 4.79 Å². The Kier molecular flexibility index (Phi) is 9.01. The second kappa shape index (κ2) is 13.3. The number of carbonyl (C=O) groups excluding carboxylic acids is 1. The highest BCUT2D eigenvalue weighted by atomic mass is 16.5.